The molecular formula is C18H23NO3S. The fraction of sp³-hybridized carbons (Fsp3) is 0.667. The summed E-state index contributed by atoms with van der Waals surface area (Å²) in [6.45, 7) is 0. The van der Waals surface area contributed by atoms with Gasteiger partial charge < -0.3 is 0 Å². The summed E-state index contributed by atoms with van der Waals surface area (Å²) in [5.41, 5.74) is 0.387. The Morgan fingerprint density at radius 2 is 1.57 bits per heavy atom. The van der Waals surface area contributed by atoms with Crippen molar-refractivity contribution in [1.29, 1.82) is 0 Å². The van der Waals surface area contributed by atoms with Gasteiger partial charge in [0.1, 0.15) is 5.75 Å². The summed E-state index contributed by atoms with van der Waals surface area (Å²) in [6, 6.07) is 3.40. The number of carbonyl (C=O) groups excluding carboxylic acids is 1. The van der Waals surface area contributed by atoms with Gasteiger partial charge >= 0.3 is 0 Å². The highest BCUT2D eigenvalue weighted by Crippen LogP contribution is 2.60. The highest BCUT2D eigenvalue weighted by Gasteiger charge is 2.54. The van der Waals surface area contributed by atoms with E-state index in [0.29, 0.717) is 23.3 Å². The second-order valence-electron chi connectivity index (χ2n) is 8.01. The van der Waals surface area contributed by atoms with Crippen molar-refractivity contribution in [3.63, 3.8) is 0 Å². The summed E-state index contributed by atoms with van der Waals surface area (Å²) >= 11 is 0. The predicted molar refractivity (Wildman–Crippen MR) is 87.3 cm³/mol. The minimum absolute atomic E-state index is 0.00865. The molecule has 0 N–H and O–H groups in total. The molecule has 0 aromatic carbocycles. The Bertz CT molecular complexity index is 676. The number of carbonyl (C=O) groups is 1. The molecule has 5 rings (SSSR count). The summed E-state index contributed by atoms with van der Waals surface area (Å²) in [4.78, 5) is 16.8. The van der Waals surface area contributed by atoms with E-state index in [1.54, 1.807) is 24.5 Å². The van der Waals surface area contributed by atoms with Crippen LogP contribution in [0.2, 0.25) is 0 Å². The van der Waals surface area contributed by atoms with Gasteiger partial charge in [-0.1, -0.05) is 0 Å². The zero-order valence-corrected chi connectivity index (χ0v) is 14.1. The van der Waals surface area contributed by atoms with Crippen molar-refractivity contribution in [1.82, 2.24) is 4.98 Å². The van der Waals surface area contributed by atoms with Crippen molar-refractivity contribution in [3.05, 3.63) is 30.1 Å². The van der Waals surface area contributed by atoms with Crippen LogP contribution in [-0.4, -0.2) is 24.9 Å². The normalized spacial score (nSPS) is 35.4. The van der Waals surface area contributed by atoms with Crippen LogP contribution in [0.1, 0.15) is 44.1 Å². The summed E-state index contributed by atoms with van der Waals surface area (Å²) in [5.74, 6) is 1.62. The number of nitrogens with zero attached hydrogens (tertiary/aromatic N) is 1. The number of hydrogen-bond acceptors (Lipinski definition) is 4. The Labute approximate surface area is 137 Å². The molecule has 1 aromatic rings. The molecule has 124 valence electrons. The van der Waals surface area contributed by atoms with E-state index in [-0.39, 0.29) is 22.7 Å². The maximum absolute atomic E-state index is 12.9. The molecule has 0 radical (unpaired) electrons. The Morgan fingerprint density at radius 1 is 1.04 bits per heavy atom. The third-order valence-corrected chi connectivity index (χ3v) is 7.59. The molecule has 5 heteroatoms. The molecule has 4 aliphatic rings. The topological polar surface area (TPSA) is 64.1 Å². The van der Waals surface area contributed by atoms with Gasteiger partial charge in [0.15, 0.2) is 15.6 Å². The molecule has 0 atom stereocenters. The van der Waals surface area contributed by atoms with Gasteiger partial charge in [0.25, 0.3) is 0 Å². The molecule has 4 saturated carbocycles. The van der Waals surface area contributed by atoms with E-state index in [2.05, 4.69) is 4.98 Å². The molecule has 23 heavy (non-hydrogen) atoms. The van der Waals surface area contributed by atoms with Crippen LogP contribution < -0.4 is 0 Å². The van der Waals surface area contributed by atoms with Crippen molar-refractivity contribution in [3.8, 4) is 0 Å². The lowest BCUT2D eigenvalue weighted by molar-refractivity contribution is -0.141. The third-order valence-electron chi connectivity index (χ3n) is 6.12. The predicted octanol–water partition coefficient (Wildman–Crippen LogP) is 2.78. The monoisotopic (exact) mass is 333 g/mol. The number of ketones is 1. The molecular weight excluding hydrogens is 310 g/mol. The minimum Gasteiger partial charge on any atom is -0.298 e. The maximum atomic E-state index is 12.9. The van der Waals surface area contributed by atoms with Crippen molar-refractivity contribution < 1.29 is 13.2 Å². The fourth-order valence-corrected chi connectivity index (χ4v) is 7.10. The number of sulfone groups is 1. The molecule has 4 bridgehead atoms. The Hall–Kier alpha value is -1.23. The van der Waals surface area contributed by atoms with Crippen LogP contribution in [0.15, 0.2) is 24.5 Å². The van der Waals surface area contributed by atoms with Crippen LogP contribution in [0.4, 0.5) is 0 Å². The SMILES string of the molecule is O=C(CS(=O)(=O)Cc1ccncc1)C12CC3CC(CC(C3)C1)C2. The van der Waals surface area contributed by atoms with Gasteiger partial charge in [-0.15, -0.1) is 0 Å². The molecule has 4 aliphatic carbocycles. The lowest BCUT2D eigenvalue weighted by Gasteiger charge is -2.55. The highest BCUT2D eigenvalue weighted by atomic mass is 32.2. The second kappa shape index (κ2) is 5.40. The van der Waals surface area contributed by atoms with Gasteiger partial charge in [0.05, 0.1) is 5.75 Å². The van der Waals surface area contributed by atoms with E-state index in [1.807, 2.05) is 0 Å². The van der Waals surface area contributed by atoms with Crippen LogP contribution in [0, 0.1) is 23.2 Å². The van der Waals surface area contributed by atoms with Crippen LogP contribution in [0.5, 0.6) is 0 Å². The average Bonchev–Trinajstić information content (AvgIpc) is 2.45. The zero-order valence-electron chi connectivity index (χ0n) is 13.3. The van der Waals surface area contributed by atoms with Crippen molar-refractivity contribution >= 4 is 15.6 Å². The van der Waals surface area contributed by atoms with Crippen molar-refractivity contribution in [2.24, 2.45) is 23.2 Å². The number of Topliss-reactive ketones (excluding diaryl/α,β-unsaturated/α-hetero) is 1. The Balaban J connectivity index is 1.49. The van der Waals surface area contributed by atoms with Gasteiger partial charge in [-0.2, -0.15) is 0 Å². The first-order valence-electron chi connectivity index (χ1n) is 8.57. The molecule has 4 nitrogen and oxygen atoms in total. The summed E-state index contributed by atoms with van der Waals surface area (Å²) in [7, 11) is -3.40. The molecule has 4 fully saturated rings. The summed E-state index contributed by atoms with van der Waals surface area (Å²) < 4.78 is 24.9. The summed E-state index contributed by atoms with van der Waals surface area (Å²) in [6.07, 6.45) is 9.76. The van der Waals surface area contributed by atoms with Gasteiger partial charge in [-0.05, 0) is 74.0 Å². The maximum Gasteiger partial charge on any atom is 0.161 e. The lowest BCUT2D eigenvalue weighted by Crippen LogP contribution is -2.51. The Kier molecular flexibility index (Phi) is 3.59. The van der Waals surface area contributed by atoms with Crippen LogP contribution >= 0.6 is 0 Å². The number of pyridine rings is 1. The lowest BCUT2D eigenvalue weighted by atomic mass is 9.48. The van der Waals surface area contributed by atoms with E-state index < -0.39 is 9.84 Å². The quantitative estimate of drug-likeness (QED) is 0.831. The largest absolute Gasteiger partial charge is 0.298 e. The van der Waals surface area contributed by atoms with Crippen LogP contribution in [-0.2, 0) is 20.4 Å². The molecule has 1 heterocycles. The first-order valence-corrected chi connectivity index (χ1v) is 10.4. The summed E-state index contributed by atoms with van der Waals surface area (Å²) in [5, 5.41) is 0. The number of rotatable bonds is 5. The minimum atomic E-state index is -3.40. The van der Waals surface area contributed by atoms with Crippen LogP contribution in [0.25, 0.3) is 0 Å². The van der Waals surface area contributed by atoms with Crippen molar-refractivity contribution in [2.45, 2.75) is 44.3 Å². The van der Waals surface area contributed by atoms with Crippen LogP contribution in [0.3, 0.4) is 0 Å². The fourth-order valence-electron chi connectivity index (χ4n) is 5.59. The smallest absolute Gasteiger partial charge is 0.161 e. The van der Waals surface area contributed by atoms with Crippen molar-refractivity contribution in [2.75, 3.05) is 5.75 Å². The third kappa shape index (κ3) is 2.95. The molecule has 0 unspecified atom stereocenters. The molecule has 0 spiro atoms. The van der Waals surface area contributed by atoms with Gasteiger partial charge in [0.2, 0.25) is 0 Å². The van der Waals surface area contributed by atoms with Gasteiger partial charge in [-0.25, -0.2) is 8.42 Å². The second-order valence-corrected chi connectivity index (χ2v) is 10.1. The molecule has 0 aliphatic heterocycles. The highest BCUT2D eigenvalue weighted by molar-refractivity contribution is 7.91. The van der Waals surface area contributed by atoms with E-state index in [1.165, 1.54) is 19.3 Å². The molecule has 0 saturated heterocycles. The van der Waals surface area contributed by atoms with E-state index >= 15 is 0 Å². The van der Waals surface area contributed by atoms with Gasteiger partial charge in [-0.3, -0.25) is 9.78 Å². The number of aromatic nitrogens is 1. The zero-order chi connectivity index (χ0) is 16.1. The van der Waals surface area contributed by atoms with E-state index in [4.69, 9.17) is 0 Å². The Morgan fingerprint density at radius 3 is 2.09 bits per heavy atom. The first-order chi connectivity index (χ1) is 10.9. The van der Waals surface area contributed by atoms with E-state index in [0.717, 1.165) is 19.3 Å². The molecule has 0 amide bonds. The standard InChI is InChI=1S/C18H23NO3S/c20-17(12-23(21,22)11-13-1-3-19-4-2-13)18-8-14-5-15(9-18)7-16(6-14)10-18/h1-4,14-16H,5-12H2. The van der Waals surface area contributed by atoms with Gasteiger partial charge in [0, 0.05) is 17.8 Å². The first kappa shape index (κ1) is 15.3. The molecule has 1 aromatic heterocycles. The number of hydrogen-bond donors (Lipinski definition) is 0. The average molecular weight is 333 g/mol. The van der Waals surface area contributed by atoms with E-state index in [9.17, 15) is 13.2 Å².